The van der Waals surface area contributed by atoms with Gasteiger partial charge in [-0.2, -0.15) is 0 Å². The first-order valence-electron chi connectivity index (χ1n) is 9.65. The summed E-state index contributed by atoms with van der Waals surface area (Å²) in [5.41, 5.74) is 6.42. The zero-order valence-corrected chi connectivity index (χ0v) is 16.9. The highest BCUT2D eigenvalue weighted by molar-refractivity contribution is 5.75. The first-order valence-corrected chi connectivity index (χ1v) is 9.65. The summed E-state index contributed by atoms with van der Waals surface area (Å²) < 4.78 is 5.96. The van der Waals surface area contributed by atoms with Crippen molar-refractivity contribution in [3.05, 3.63) is 64.2 Å². The van der Waals surface area contributed by atoms with E-state index >= 15 is 0 Å². The van der Waals surface area contributed by atoms with Crippen molar-refractivity contribution >= 4 is 5.91 Å². The number of amides is 1. The molecule has 1 amide bonds. The summed E-state index contributed by atoms with van der Waals surface area (Å²) in [5, 5.41) is 0. The molecule has 0 fully saturated rings. The molecule has 1 aliphatic heterocycles. The number of hydrogen-bond acceptors (Lipinski definition) is 3. The molecule has 144 valence electrons. The van der Waals surface area contributed by atoms with Gasteiger partial charge >= 0.3 is 0 Å². The molecule has 3 rings (SSSR count). The molecule has 4 heteroatoms. The molecular formula is C23H30N2O2. The number of carbonyl (C=O) groups excluding carboxylic acids is 1. The maximum atomic E-state index is 11.9. The van der Waals surface area contributed by atoms with E-state index in [1.807, 2.05) is 0 Å². The Hall–Kier alpha value is -2.33. The largest absolute Gasteiger partial charge is 0.492 e. The van der Waals surface area contributed by atoms with Gasteiger partial charge in [0.15, 0.2) is 0 Å². The van der Waals surface area contributed by atoms with Crippen LogP contribution in [0.5, 0.6) is 5.75 Å². The van der Waals surface area contributed by atoms with Crippen LogP contribution in [0.1, 0.15) is 34.2 Å². The van der Waals surface area contributed by atoms with Crippen LogP contribution in [0.4, 0.5) is 0 Å². The fourth-order valence-electron chi connectivity index (χ4n) is 3.43. The van der Waals surface area contributed by atoms with Crippen LogP contribution in [0, 0.1) is 13.8 Å². The highest BCUT2D eigenvalue weighted by Gasteiger charge is 2.16. The van der Waals surface area contributed by atoms with Crippen LogP contribution >= 0.6 is 0 Å². The molecule has 0 N–H and O–H groups in total. The fraction of sp³-hybridized carbons (Fsp3) is 0.435. The third-order valence-corrected chi connectivity index (χ3v) is 5.29. The number of carbonyl (C=O) groups is 1. The summed E-state index contributed by atoms with van der Waals surface area (Å²) in [6.45, 7) is 7.73. The van der Waals surface area contributed by atoms with E-state index in [1.165, 1.54) is 27.8 Å². The number of rotatable bonds is 5. The predicted molar refractivity (Wildman–Crippen MR) is 109 cm³/mol. The minimum absolute atomic E-state index is 0.164. The van der Waals surface area contributed by atoms with Crippen LogP contribution in [0.2, 0.25) is 0 Å². The third-order valence-electron chi connectivity index (χ3n) is 5.29. The minimum Gasteiger partial charge on any atom is -0.492 e. The molecule has 4 nitrogen and oxygen atoms in total. The molecular weight excluding hydrogens is 336 g/mol. The SMILES string of the molecule is Cc1ccc(CN2CCOc3ccc(CCC(=O)N(C)C)cc3C2)cc1C. The number of nitrogens with zero attached hydrogens (tertiary/aromatic N) is 2. The topological polar surface area (TPSA) is 32.8 Å². The summed E-state index contributed by atoms with van der Waals surface area (Å²) in [4.78, 5) is 15.9. The summed E-state index contributed by atoms with van der Waals surface area (Å²) in [6.07, 6.45) is 1.31. The Morgan fingerprint density at radius 3 is 2.59 bits per heavy atom. The molecule has 0 aromatic heterocycles. The van der Waals surface area contributed by atoms with Crippen LogP contribution in [-0.2, 0) is 24.3 Å². The van der Waals surface area contributed by atoms with Gasteiger partial charge in [-0.1, -0.05) is 30.3 Å². The fourth-order valence-corrected chi connectivity index (χ4v) is 3.43. The van der Waals surface area contributed by atoms with E-state index in [1.54, 1.807) is 19.0 Å². The normalized spacial score (nSPS) is 14.2. The smallest absolute Gasteiger partial charge is 0.222 e. The van der Waals surface area contributed by atoms with Gasteiger partial charge in [0.2, 0.25) is 5.91 Å². The Labute approximate surface area is 162 Å². The first-order chi connectivity index (χ1) is 12.9. The zero-order chi connectivity index (χ0) is 19.4. The van der Waals surface area contributed by atoms with Crippen LogP contribution in [-0.4, -0.2) is 43.0 Å². The monoisotopic (exact) mass is 366 g/mol. The number of aryl methyl sites for hydroxylation is 3. The third kappa shape index (κ3) is 5.10. The molecule has 0 saturated carbocycles. The lowest BCUT2D eigenvalue weighted by Crippen LogP contribution is -2.25. The van der Waals surface area contributed by atoms with Crippen molar-refractivity contribution in [2.45, 2.75) is 39.8 Å². The standard InChI is InChI=1S/C23H30N2O2/c1-17-5-6-20(13-18(17)2)15-25-11-12-27-22-9-7-19(14-21(22)16-25)8-10-23(26)24(3)4/h5-7,9,13-14H,8,10-12,15-16H2,1-4H3. The average Bonchev–Trinajstić information content (AvgIpc) is 2.83. The Morgan fingerprint density at radius 2 is 1.85 bits per heavy atom. The summed E-state index contributed by atoms with van der Waals surface area (Å²) in [5.74, 6) is 1.14. The van der Waals surface area contributed by atoms with Gasteiger partial charge < -0.3 is 9.64 Å². The molecule has 0 aliphatic carbocycles. The van der Waals surface area contributed by atoms with Crippen LogP contribution in [0.3, 0.4) is 0 Å². The highest BCUT2D eigenvalue weighted by Crippen LogP contribution is 2.26. The summed E-state index contributed by atoms with van der Waals surface area (Å²) in [7, 11) is 3.61. The molecule has 0 radical (unpaired) electrons. The van der Waals surface area contributed by atoms with Gasteiger partial charge in [-0.25, -0.2) is 0 Å². The Balaban J connectivity index is 1.70. The van der Waals surface area contributed by atoms with Crippen molar-refractivity contribution in [3.63, 3.8) is 0 Å². The van der Waals surface area contributed by atoms with E-state index in [0.29, 0.717) is 13.0 Å². The summed E-state index contributed by atoms with van der Waals surface area (Å²) in [6, 6.07) is 13.1. The van der Waals surface area contributed by atoms with Gasteiger partial charge in [-0.05, 0) is 48.6 Å². The maximum absolute atomic E-state index is 11.9. The maximum Gasteiger partial charge on any atom is 0.222 e. The van der Waals surface area contributed by atoms with Gasteiger partial charge in [-0.15, -0.1) is 0 Å². The lowest BCUT2D eigenvalue weighted by atomic mass is 10.0. The van der Waals surface area contributed by atoms with Crippen molar-refractivity contribution in [2.75, 3.05) is 27.2 Å². The van der Waals surface area contributed by atoms with Crippen molar-refractivity contribution < 1.29 is 9.53 Å². The molecule has 2 aromatic carbocycles. The molecule has 0 spiro atoms. The molecule has 1 aliphatic rings. The number of fused-ring (bicyclic) bond motifs is 1. The van der Waals surface area contributed by atoms with Crippen molar-refractivity contribution in [3.8, 4) is 5.75 Å². The van der Waals surface area contributed by atoms with Crippen molar-refractivity contribution in [1.82, 2.24) is 9.80 Å². The molecule has 2 aromatic rings. The number of hydrogen-bond donors (Lipinski definition) is 0. The molecule has 0 bridgehead atoms. The zero-order valence-electron chi connectivity index (χ0n) is 16.9. The molecule has 27 heavy (non-hydrogen) atoms. The number of ether oxygens (including phenoxy) is 1. The van der Waals surface area contributed by atoms with Crippen molar-refractivity contribution in [1.29, 1.82) is 0 Å². The Morgan fingerprint density at radius 1 is 1.07 bits per heavy atom. The Bertz CT molecular complexity index is 814. The highest BCUT2D eigenvalue weighted by atomic mass is 16.5. The van der Waals surface area contributed by atoms with E-state index in [4.69, 9.17) is 4.74 Å². The van der Waals surface area contributed by atoms with Crippen LogP contribution < -0.4 is 4.74 Å². The van der Waals surface area contributed by atoms with E-state index in [9.17, 15) is 4.79 Å². The van der Waals surface area contributed by atoms with Gasteiger partial charge in [0, 0.05) is 45.7 Å². The van der Waals surface area contributed by atoms with Crippen LogP contribution in [0.25, 0.3) is 0 Å². The van der Waals surface area contributed by atoms with E-state index in [2.05, 4.69) is 55.1 Å². The minimum atomic E-state index is 0.164. The average molecular weight is 367 g/mol. The number of benzene rings is 2. The molecule has 0 atom stereocenters. The van der Waals surface area contributed by atoms with Gasteiger partial charge in [-0.3, -0.25) is 9.69 Å². The quantitative estimate of drug-likeness (QED) is 0.809. The summed E-state index contributed by atoms with van der Waals surface area (Å²) >= 11 is 0. The van der Waals surface area contributed by atoms with Gasteiger partial charge in [0.1, 0.15) is 12.4 Å². The molecule has 0 unspecified atom stereocenters. The predicted octanol–water partition coefficient (Wildman–Crippen LogP) is 3.72. The van der Waals surface area contributed by atoms with Crippen LogP contribution in [0.15, 0.2) is 36.4 Å². The first kappa shape index (κ1) is 19.4. The van der Waals surface area contributed by atoms with Crippen molar-refractivity contribution in [2.24, 2.45) is 0 Å². The second-order valence-electron chi connectivity index (χ2n) is 7.71. The second-order valence-corrected chi connectivity index (χ2v) is 7.71. The van der Waals surface area contributed by atoms with E-state index in [-0.39, 0.29) is 5.91 Å². The van der Waals surface area contributed by atoms with E-state index in [0.717, 1.165) is 31.8 Å². The van der Waals surface area contributed by atoms with Gasteiger partial charge in [0.05, 0.1) is 0 Å². The van der Waals surface area contributed by atoms with E-state index < -0.39 is 0 Å². The lowest BCUT2D eigenvalue weighted by Gasteiger charge is -2.20. The Kier molecular flexibility index (Phi) is 6.17. The van der Waals surface area contributed by atoms with Gasteiger partial charge in [0.25, 0.3) is 0 Å². The molecule has 0 saturated heterocycles. The lowest BCUT2D eigenvalue weighted by molar-refractivity contribution is -0.128. The second kappa shape index (κ2) is 8.57. The molecule has 1 heterocycles.